The number of carbonyl (C=O) groups excluding carboxylic acids is 2. The van der Waals surface area contributed by atoms with E-state index in [2.05, 4.69) is 36.4 Å². The Morgan fingerprint density at radius 1 is 1.19 bits per heavy atom. The third-order valence-corrected chi connectivity index (χ3v) is 6.12. The number of fused-ring (bicyclic) bond motifs is 3. The van der Waals surface area contributed by atoms with Crippen LogP contribution in [0.25, 0.3) is 11.0 Å². The van der Waals surface area contributed by atoms with Crippen LogP contribution in [-0.4, -0.2) is 45.0 Å². The molecule has 7 nitrogen and oxygen atoms in total. The van der Waals surface area contributed by atoms with Gasteiger partial charge in [-0.05, 0) is 42.7 Å². The van der Waals surface area contributed by atoms with Crippen LogP contribution in [0.3, 0.4) is 0 Å². The van der Waals surface area contributed by atoms with Gasteiger partial charge >= 0.3 is 0 Å². The lowest BCUT2D eigenvalue weighted by atomic mass is 9.73. The molecular formula is C19H16BrN5O2. The van der Waals surface area contributed by atoms with Crippen molar-refractivity contribution in [2.45, 2.75) is 18.3 Å². The first-order chi connectivity index (χ1) is 13.1. The largest absolute Gasteiger partial charge is 0.339 e. The van der Waals surface area contributed by atoms with E-state index in [1.54, 1.807) is 23.4 Å². The molecule has 0 bridgehead atoms. The predicted octanol–water partition coefficient (Wildman–Crippen LogP) is 2.85. The van der Waals surface area contributed by atoms with Crippen molar-refractivity contribution in [2.24, 2.45) is 0 Å². The second kappa shape index (κ2) is 5.88. The summed E-state index contributed by atoms with van der Waals surface area (Å²) in [4.78, 5) is 31.7. The number of carbonyl (C=O) groups is 2. The highest BCUT2D eigenvalue weighted by atomic mass is 79.9. The molecule has 1 spiro atoms. The van der Waals surface area contributed by atoms with Crippen LogP contribution in [0.1, 0.15) is 28.8 Å². The van der Waals surface area contributed by atoms with Crippen LogP contribution in [0.5, 0.6) is 0 Å². The molecule has 2 aromatic heterocycles. The Hall–Kier alpha value is -2.74. The molecule has 136 valence electrons. The SMILES string of the molecule is O=C(c1cnc2[nH]ncc2c1)N1CCC2(CC1)C(=O)Nc1ccc(Br)cc12. The second-order valence-electron chi connectivity index (χ2n) is 7.05. The van der Waals surface area contributed by atoms with E-state index in [0.29, 0.717) is 37.1 Å². The van der Waals surface area contributed by atoms with Crippen LogP contribution in [0.4, 0.5) is 5.69 Å². The molecule has 0 radical (unpaired) electrons. The minimum absolute atomic E-state index is 0.0317. The van der Waals surface area contributed by atoms with E-state index in [9.17, 15) is 9.59 Å². The molecule has 2 aliphatic heterocycles. The number of piperidine rings is 1. The van der Waals surface area contributed by atoms with Crippen LogP contribution in [0, 0.1) is 0 Å². The standard InChI is InChI=1S/C19H16BrN5O2/c20-13-1-2-15-14(8-13)19(18(27)23-15)3-5-25(6-4-19)17(26)12-7-11-10-22-24-16(11)21-9-12/h1-2,7-10H,3-6H2,(H,23,27)(H,21,22,24). The van der Waals surface area contributed by atoms with Crippen molar-refractivity contribution in [3.63, 3.8) is 0 Å². The molecule has 8 heteroatoms. The Morgan fingerprint density at radius 3 is 2.81 bits per heavy atom. The molecule has 1 aromatic carbocycles. The van der Waals surface area contributed by atoms with Gasteiger partial charge in [-0.25, -0.2) is 4.98 Å². The van der Waals surface area contributed by atoms with E-state index >= 15 is 0 Å². The Balaban J connectivity index is 1.39. The Morgan fingerprint density at radius 2 is 2.00 bits per heavy atom. The first-order valence-corrected chi connectivity index (χ1v) is 9.56. The summed E-state index contributed by atoms with van der Waals surface area (Å²) < 4.78 is 0.954. The summed E-state index contributed by atoms with van der Waals surface area (Å²) in [6, 6.07) is 7.67. The molecule has 0 saturated carbocycles. The van der Waals surface area contributed by atoms with Gasteiger partial charge in [0, 0.05) is 34.8 Å². The minimum Gasteiger partial charge on any atom is -0.339 e. The van der Waals surface area contributed by atoms with Crippen molar-refractivity contribution in [1.29, 1.82) is 0 Å². The lowest BCUT2D eigenvalue weighted by Gasteiger charge is -2.38. The van der Waals surface area contributed by atoms with Crippen LogP contribution in [-0.2, 0) is 10.2 Å². The number of nitrogens with one attached hydrogen (secondary N) is 2. The molecule has 2 N–H and O–H groups in total. The van der Waals surface area contributed by atoms with Crippen molar-refractivity contribution in [2.75, 3.05) is 18.4 Å². The molecule has 0 atom stereocenters. The summed E-state index contributed by atoms with van der Waals surface area (Å²) in [5.74, 6) is -0.0301. The summed E-state index contributed by atoms with van der Waals surface area (Å²) in [7, 11) is 0. The fraction of sp³-hybridized carbons (Fsp3) is 0.263. The summed E-state index contributed by atoms with van der Waals surface area (Å²) in [5.41, 5.74) is 2.55. The lowest BCUT2D eigenvalue weighted by Crippen LogP contribution is -2.48. The number of aromatic nitrogens is 3. The number of likely N-dealkylation sites (tertiary alicyclic amines) is 1. The maximum absolute atomic E-state index is 12.9. The summed E-state index contributed by atoms with van der Waals surface area (Å²) in [6.45, 7) is 1.06. The van der Waals surface area contributed by atoms with Gasteiger partial charge in [-0.2, -0.15) is 5.10 Å². The number of rotatable bonds is 1. The van der Waals surface area contributed by atoms with E-state index < -0.39 is 5.41 Å². The van der Waals surface area contributed by atoms with Crippen molar-refractivity contribution in [3.05, 3.63) is 52.3 Å². The molecule has 5 rings (SSSR count). The smallest absolute Gasteiger partial charge is 0.255 e. The number of nitrogens with zero attached hydrogens (tertiary/aromatic N) is 3. The summed E-state index contributed by atoms with van der Waals surface area (Å²) in [5, 5.41) is 10.5. The number of pyridine rings is 1. The molecule has 1 saturated heterocycles. The van der Waals surface area contributed by atoms with E-state index in [4.69, 9.17) is 0 Å². The average Bonchev–Trinajstić information content (AvgIpc) is 3.25. The van der Waals surface area contributed by atoms with Gasteiger partial charge < -0.3 is 10.2 Å². The molecule has 2 aliphatic rings. The van der Waals surface area contributed by atoms with Gasteiger partial charge in [0.25, 0.3) is 5.91 Å². The van der Waals surface area contributed by atoms with Gasteiger partial charge in [0.2, 0.25) is 5.91 Å². The number of amides is 2. The predicted molar refractivity (Wildman–Crippen MR) is 103 cm³/mol. The number of aromatic amines is 1. The van der Waals surface area contributed by atoms with Gasteiger partial charge in [-0.1, -0.05) is 15.9 Å². The fourth-order valence-electron chi connectivity index (χ4n) is 4.11. The fourth-order valence-corrected chi connectivity index (χ4v) is 4.47. The van der Waals surface area contributed by atoms with Crippen LogP contribution in [0.2, 0.25) is 0 Å². The highest BCUT2D eigenvalue weighted by molar-refractivity contribution is 9.10. The van der Waals surface area contributed by atoms with Crippen LogP contribution >= 0.6 is 15.9 Å². The Kier molecular flexibility index (Phi) is 3.58. The Labute approximate surface area is 163 Å². The van der Waals surface area contributed by atoms with Crippen LogP contribution < -0.4 is 5.32 Å². The topological polar surface area (TPSA) is 91.0 Å². The zero-order valence-electron chi connectivity index (χ0n) is 14.3. The normalized spacial score (nSPS) is 18.0. The van der Waals surface area contributed by atoms with Crippen molar-refractivity contribution >= 4 is 44.5 Å². The number of halogens is 1. The molecule has 3 aromatic rings. The third kappa shape index (κ3) is 2.47. The average molecular weight is 426 g/mol. The number of hydrogen-bond donors (Lipinski definition) is 2. The molecule has 0 aliphatic carbocycles. The van der Waals surface area contributed by atoms with Gasteiger partial charge in [-0.3, -0.25) is 14.7 Å². The highest BCUT2D eigenvalue weighted by Gasteiger charge is 2.49. The lowest BCUT2D eigenvalue weighted by molar-refractivity contribution is -0.122. The zero-order valence-corrected chi connectivity index (χ0v) is 15.9. The minimum atomic E-state index is -0.553. The van der Waals surface area contributed by atoms with E-state index in [0.717, 1.165) is 21.1 Å². The number of benzene rings is 1. The highest BCUT2D eigenvalue weighted by Crippen LogP contribution is 2.45. The number of anilines is 1. The van der Waals surface area contributed by atoms with E-state index in [-0.39, 0.29) is 11.8 Å². The number of H-pyrrole nitrogens is 1. The van der Waals surface area contributed by atoms with Crippen LogP contribution in [0.15, 0.2) is 41.1 Å². The van der Waals surface area contributed by atoms with Gasteiger partial charge in [0.05, 0.1) is 17.2 Å². The van der Waals surface area contributed by atoms with Gasteiger partial charge in [-0.15, -0.1) is 0 Å². The summed E-state index contributed by atoms with van der Waals surface area (Å²) >= 11 is 3.50. The monoisotopic (exact) mass is 425 g/mol. The molecule has 0 unspecified atom stereocenters. The zero-order chi connectivity index (χ0) is 18.6. The van der Waals surface area contributed by atoms with Gasteiger partial charge in [0.15, 0.2) is 5.65 Å². The third-order valence-electron chi connectivity index (χ3n) is 5.62. The van der Waals surface area contributed by atoms with Crippen molar-refractivity contribution < 1.29 is 9.59 Å². The maximum Gasteiger partial charge on any atom is 0.255 e. The molecular weight excluding hydrogens is 410 g/mol. The maximum atomic E-state index is 12.9. The quantitative estimate of drug-likeness (QED) is 0.626. The molecule has 2 amide bonds. The van der Waals surface area contributed by atoms with Crippen molar-refractivity contribution in [3.8, 4) is 0 Å². The van der Waals surface area contributed by atoms with Crippen molar-refractivity contribution in [1.82, 2.24) is 20.1 Å². The second-order valence-corrected chi connectivity index (χ2v) is 7.97. The molecule has 1 fully saturated rings. The first kappa shape index (κ1) is 16.4. The Bertz CT molecular complexity index is 1080. The molecule has 4 heterocycles. The number of hydrogen-bond acceptors (Lipinski definition) is 4. The summed E-state index contributed by atoms with van der Waals surface area (Å²) in [6.07, 6.45) is 4.44. The first-order valence-electron chi connectivity index (χ1n) is 8.77. The van der Waals surface area contributed by atoms with Gasteiger partial charge in [0.1, 0.15) is 0 Å². The molecule has 27 heavy (non-hydrogen) atoms. The van der Waals surface area contributed by atoms with E-state index in [1.165, 1.54) is 0 Å². The van der Waals surface area contributed by atoms with E-state index in [1.807, 2.05) is 18.2 Å².